The van der Waals surface area contributed by atoms with Crippen LogP contribution in [0.15, 0.2) is 0 Å². The second-order valence-electron chi connectivity index (χ2n) is 18.5. The third-order valence-electron chi connectivity index (χ3n) is 12.7. The Kier molecular flexibility index (Phi) is 47.5. The lowest BCUT2D eigenvalue weighted by Gasteiger charge is -2.23. The number of aliphatic hydroxyl groups is 3. The van der Waals surface area contributed by atoms with E-state index in [1.54, 1.807) is 0 Å². The molecule has 5 nitrogen and oxygen atoms in total. The minimum Gasteiger partial charge on any atom is -0.394 e. The van der Waals surface area contributed by atoms with Crippen molar-refractivity contribution in [3.05, 3.63) is 0 Å². The molecule has 5 heteroatoms. The van der Waals surface area contributed by atoms with Gasteiger partial charge in [0, 0.05) is 0 Å². The highest BCUT2D eigenvalue weighted by molar-refractivity contribution is 5.80. The molecule has 0 aromatic carbocycles. The number of unbranched alkanes of at least 4 members (excludes halogenated alkanes) is 41. The number of nitrogens with one attached hydrogen (secondary N) is 1. The first kappa shape index (κ1) is 56.4. The number of amides is 1. The third-order valence-corrected chi connectivity index (χ3v) is 12.7. The SMILES string of the molecule is CCCCCCCCCCCCCCCCCCCCCCCCCCCCCCCCC(O)C(=O)NC(CO)C(O)CCCCCCCCCCCCCCC. The van der Waals surface area contributed by atoms with Gasteiger partial charge in [0.2, 0.25) is 5.91 Å². The number of aliphatic hydroxyl groups excluding tert-OH is 3. The van der Waals surface area contributed by atoms with Crippen molar-refractivity contribution in [2.24, 2.45) is 0 Å². The molecule has 342 valence electrons. The van der Waals surface area contributed by atoms with Crippen LogP contribution >= 0.6 is 0 Å². The summed E-state index contributed by atoms with van der Waals surface area (Å²) in [6.07, 6.45) is 57.2. The number of rotatable bonds is 49. The van der Waals surface area contributed by atoms with Crippen LogP contribution in [-0.4, -0.2) is 46.1 Å². The lowest BCUT2D eigenvalue weighted by Crippen LogP contribution is -2.49. The molecular weight excluding hydrogens is 703 g/mol. The molecule has 0 saturated heterocycles. The van der Waals surface area contributed by atoms with Crippen molar-refractivity contribution in [2.45, 2.75) is 321 Å². The van der Waals surface area contributed by atoms with Gasteiger partial charge >= 0.3 is 0 Å². The first-order valence-electron chi connectivity index (χ1n) is 26.3. The summed E-state index contributed by atoms with van der Waals surface area (Å²) in [5, 5.41) is 33.4. The Bertz CT molecular complexity index is 762. The smallest absolute Gasteiger partial charge is 0.249 e. The Hall–Kier alpha value is -0.650. The van der Waals surface area contributed by atoms with Gasteiger partial charge in [-0.15, -0.1) is 0 Å². The van der Waals surface area contributed by atoms with Gasteiger partial charge in [0.05, 0.1) is 18.8 Å². The quantitative estimate of drug-likeness (QED) is 0.0461. The third kappa shape index (κ3) is 43.3. The van der Waals surface area contributed by atoms with E-state index in [-0.39, 0.29) is 6.61 Å². The van der Waals surface area contributed by atoms with Crippen molar-refractivity contribution in [1.82, 2.24) is 5.32 Å². The number of carbonyl (C=O) groups is 1. The lowest BCUT2D eigenvalue weighted by molar-refractivity contribution is -0.131. The van der Waals surface area contributed by atoms with Crippen molar-refractivity contribution >= 4 is 5.91 Å². The van der Waals surface area contributed by atoms with E-state index < -0.39 is 24.2 Å². The van der Waals surface area contributed by atoms with E-state index in [9.17, 15) is 20.1 Å². The molecule has 0 bridgehead atoms. The average Bonchev–Trinajstić information content (AvgIpc) is 3.22. The van der Waals surface area contributed by atoms with E-state index in [2.05, 4.69) is 19.2 Å². The maximum Gasteiger partial charge on any atom is 0.249 e. The summed E-state index contributed by atoms with van der Waals surface area (Å²) in [5.41, 5.74) is 0. The van der Waals surface area contributed by atoms with Gasteiger partial charge in [-0.25, -0.2) is 0 Å². The van der Waals surface area contributed by atoms with Crippen LogP contribution in [0.5, 0.6) is 0 Å². The molecule has 57 heavy (non-hydrogen) atoms. The highest BCUT2D eigenvalue weighted by Crippen LogP contribution is 2.18. The molecule has 0 aliphatic carbocycles. The summed E-state index contributed by atoms with van der Waals surface area (Å²) >= 11 is 0. The maximum atomic E-state index is 12.5. The van der Waals surface area contributed by atoms with Gasteiger partial charge in [0.1, 0.15) is 6.10 Å². The van der Waals surface area contributed by atoms with Gasteiger partial charge in [-0.05, 0) is 12.8 Å². The fraction of sp³-hybridized carbons (Fsp3) is 0.981. The Morgan fingerprint density at radius 2 is 0.561 bits per heavy atom. The standard InChI is InChI=1S/C52H105NO4/c1-3-5-7-9-11-13-15-17-18-19-20-21-22-23-24-25-26-27-28-29-30-31-32-33-35-37-39-41-43-45-47-51(56)52(57)53-49(48-54)50(55)46-44-42-40-38-36-34-16-14-12-10-8-6-4-2/h49-51,54-56H,3-48H2,1-2H3,(H,53,57). The molecule has 0 aliphatic rings. The first-order chi connectivity index (χ1) is 28.1. The van der Waals surface area contributed by atoms with Crippen LogP contribution in [-0.2, 0) is 4.79 Å². The molecule has 3 atom stereocenters. The fourth-order valence-corrected chi connectivity index (χ4v) is 8.61. The zero-order valence-corrected chi connectivity index (χ0v) is 39.0. The van der Waals surface area contributed by atoms with Crippen LogP contribution in [0.4, 0.5) is 0 Å². The van der Waals surface area contributed by atoms with Crippen LogP contribution in [0, 0.1) is 0 Å². The van der Waals surface area contributed by atoms with Crippen LogP contribution in [0.2, 0.25) is 0 Å². The first-order valence-corrected chi connectivity index (χ1v) is 26.3. The van der Waals surface area contributed by atoms with Gasteiger partial charge < -0.3 is 20.6 Å². The van der Waals surface area contributed by atoms with Crippen LogP contribution < -0.4 is 5.32 Å². The van der Waals surface area contributed by atoms with E-state index in [4.69, 9.17) is 0 Å². The molecule has 0 saturated carbocycles. The van der Waals surface area contributed by atoms with Crippen molar-refractivity contribution in [3.8, 4) is 0 Å². The molecular formula is C52H105NO4. The van der Waals surface area contributed by atoms with Crippen molar-refractivity contribution < 1.29 is 20.1 Å². The summed E-state index contributed by atoms with van der Waals surface area (Å²) in [6, 6.07) is -0.706. The summed E-state index contributed by atoms with van der Waals surface area (Å²) in [5.74, 6) is -0.464. The van der Waals surface area contributed by atoms with Crippen LogP contribution in [0.25, 0.3) is 0 Å². The fourth-order valence-electron chi connectivity index (χ4n) is 8.61. The van der Waals surface area contributed by atoms with E-state index >= 15 is 0 Å². The largest absolute Gasteiger partial charge is 0.394 e. The highest BCUT2D eigenvalue weighted by Gasteiger charge is 2.23. The van der Waals surface area contributed by atoms with Crippen molar-refractivity contribution in [1.29, 1.82) is 0 Å². The lowest BCUT2D eigenvalue weighted by atomic mass is 10.0. The van der Waals surface area contributed by atoms with E-state index in [1.165, 1.54) is 244 Å². The zero-order chi connectivity index (χ0) is 41.5. The van der Waals surface area contributed by atoms with Gasteiger partial charge in [-0.3, -0.25) is 4.79 Å². The normalized spacial score (nSPS) is 13.3. The summed E-state index contributed by atoms with van der Waals surface area (Å²) in [6.45, 7) is 4.26. The molecule has 0 spiro atoms. The van der Waals surface area contributed by atoms with E-state index in [0.29, 0.717) is 12.8 Å². The van der Waals surface area contributed by atoms with Gasteiger partial charge in [0.25, 0.3) is 0 Å². The molecule has 0 aromatic heterocycles. The van der Waals surface area contributed by atoms with Crippen molar-refractivity contribution in [2.75, 3.05) is 6.61 Å². The minimum absolute atomic E-state index is 0.308. The Balaban J connectivity index is 3.45. The highest BCUT2D eigenvalue weighted by atomic mass is 16.3. The molecule has 0 aliphatic heterocycles. The van der Waals surface area contributed by atoms with E-state index in [1.807, 2.05) is 0 Å². The number of hydrogen-bond donors (Lipinski definition) is 4. The minimum atomic E-state index is -1.07. The Morgan fingerprint density at radius 1 is 0.351 bits per heavy atom. The van der Waals surface area contributed by atoms with E-state index in [0.717, 1.165) is 32.1 Å². The van der Waals surface area contributed by atoms with Crippen LogP contribution in [0.3, 0.4) is 0 Å². The zero-order valence-electron chi connectivity index (χ0n) is 39.0. The monoisotopic (exact) mass is 808 g/mol. The molecule has 0 heterocycles. The molecule has 0 fully saturated rings. The Labute approximate surface area is 357 Å². The molecule has 4 N–H and O–H groups in total. The average molecular weight is 808 g/mol. The van der Waals surface area contributed by atoms with Gasteiger partial charge in [-0.2, -0.15) is 0 Å². The number of carbonyl (C=O) groups excluding carboxylic acids is 1. The maximum absolute atomic E-state index is 12.5. The molecule has 0 radical (unpaired) electrons. The predicted octanol–water partition coefficient (Wildman–Crippen LogP) is 15.8. The second kappa shape index (κ2) is 48.0. The summed E-state index contributed by atoms with van der Waals surface area (Å²) in [7, 11) is 0. The second-order valence-corrected chi connectivity index (χ2v) is 18.5. The van der Waals surface area contributed by atoms with Gasteiger partial charge in [0.15, 0.2) is 0 Å². The molecule has 0 rings (SSSR count). The summed E-state index contributed by atoms with van der Waals surface area (Å²) in [4.78, 5) is 12.5. The molecule has 3 unspecified atom stereocenters. The number of hydrogen-bond acceptors (Lipinski definition) is 4. The molecule has 0 aromatic rings. The summed E-state index contributed by atoms with van der Waals surface area (Å²) < 4.78 is 0. The predicted molar refractivity (Wildman–Crippen MR) is 250 cm³/mol. The van der Waals surface area contributed by atoms with Crippen LogP contribution in [0.1, 0.15) is 303 Å². The van der Waals surface area contributed by atoms with Crippen molar-refractivity contribution in [3.63, 3.8) is 0 Å². The van der Waals surface area contributed by atoms with Gasteiger partial charge in [-0.1, -0.05) is 290 Å². The Morgan fingerprint density at radius 3 is 0.789 bits per heavy atom. The topological polar surface area (TPSA) is 89.8 Å². The molecule has 1 amide bonds.